The highest BCUT2D eigenvalue weighted by Gasteiger charge is 2.41. The van der Waals surface area contributed by atoms with Gasteiger partial charge in [0.2, 0.25) is 15.9 Å². The molecule has 0 bridgehead atoms. The standard InChI is InChI=1S/C13H27N3O3S/c1-12(2,13(3,4)14)11(17)15-10-6-8-16(9-7-10)20(5,18)19/h10H,6-9,14H2,1-5H3,(H,15,17). The first-order valence-electron chi connectivity index (χ1n) is 6.90. The Labute approximate surface area is 122 Å². The average Bonchev–Trinajstić information content (AvgIpc) is 2.26. The largest absolute Gasteiger partial charge is 0.353 e. The Morgan fingerprint density at radius 3 is 2.00 bits per heavy atom. The minimum Gasteiger partial charge on any atom is -0.353 e. The molecule has 0 radical (unpaired) electrons. The molecule has 1 saturated heterocycles. The summed E-state index contributed by atoms with van der Waals surface area (Å²) in [4.78, 5) is 12.3. The molecule has 0 aliphatic carbocycles. The summed E-state index contributed by atoms with van der Waals surface area (Å²) >= 11 is 0. The summed E-state index contributed by atoms with van der Waals surface area (Å²) < 4.78 is 24.3. The average molecular weight is 305 g/mol. The van der Waals surface area contributed by atoms with Crippen LogP contribution in [-0.4, -0.2) is 49.6 Å². The van der Waals surface area contributed by atoms with E-state index in [1.807, 2.05) is 27.7 Å². The maximum atomic E-state index is 12.3. The van der Waals surface area contributed by atoms with Gasteiger partial charge in [-0.1, -0.05) is 0 Å². The summed E-state index contributed by atoms with van der Waals surface area (Å²) in [6.07, 6.45) is 2.49. The van der Waals surface area contributed by atoms with Crippen LogP contribution in [0.2, 0.25) is 0 Å². The molecule has 6 nitrogen and oxygen atoms in total. The van der Waals surface area contributed by atoms with Crippen LogP contribution in [0, 0.1) is 5.41 Å². The molecule has 7 heteroatoms. The third-order valence-electron chi connectivity index (χ3n) is 4.44. The summed E-state index contributed by atoms with van der Waals surface area (Å²) in [6, 6.07) is 0.0159. The van der Waals surface area contributed by atoms with E-state index < -0.39 is 21.0 Å². The second kappa shape index (κ2) is 5.61. The van der Waals surface area contributed by atoms with E-state index in [0.717, 1.165) is 0 Å². The molecule has 1 aliphatic heterocycles. The van der Waals surface area contributed by atoms with Crippen LogP contribution >= 0.6 is 0 Å². The molecular weight excluding hydrogens is 278 g/mol. The lowest BCUT2D eigenvalue weighted by molar-refractivity contribution is -0.133. The number of amides is 1. The zero-order chi connectivity index (χ0) is 15.8. The predicted molar refractivity (Wildman–Crippen MR) is 79.6 cm³/mol. The highest BCUT2D eigenvalue weighted by Crippen LogP contribution is 2.29. The van der Waals surface area contributed by atoms with Gasteiger partial charge in [-0.15, -0.1) is 0 Å². The monoisotopic (exact) mass is 305 g/mol. The van der Waals surface area contributed by atoms with Crippen molar-refractivity contribution in [1.82, 2.24) is 9.62 Å². The highest BCUT2D eigenvalue weighted by molar-refractivity contribution is 7.88. The normalized spacial score (nSPS) is 19.9. The summed E-state index contributed by atoms with van der Waals surface area (Å²) in [6.45, 7) is 8.23. The minimum absolute atomic E-state index is 0.0159. The number of hydrogen-bond donors (Lipinski definition) is 2. The van der Waals surface area contributed by atoms with Gasteiger partial charge in [0.05, 0.1) is 11.7 Å². The molecule has 1 aliphatic rings. The van der Waals surface area contributed by atoms with E-state index in [4.69, 9.17) is 5.73 Å². The molecule has 0 aromatic heterocycles. The fourth-order valence-corrected chi connectivity index (χ4v) is 2.86. The van der Waals surface area contributed by atoms with E-state index in [-0.39, 0.29) is 11.9 Å². The van der Waals surface area contributed by atoms with Gasteiger partial charge in [-0.05, 0) is 40.5 Å². The number of sulfonamides is 1. The minimum atomic E-state index is -3.13. The van der Waals surface area contributed by atoms with Crippen LogP contribution in [0.15, 0.2) is 0 Å². The van der Waals surface area contributed by atoms with Crippen LogP contribution in [0.1, 0.15) is 40.5 Å². The molecule has 0 saturated carbocycles. The quantitative estimate of drug-likeness (QED) is 0.781. The SMILES string of the molecule is CC(C)(N)C(C)(C)C(=O)NC1CCN(S(C)(=O)=O)CC1. The lowest BCUT2D eigenvalue weighted by Crippen LogP contribution is -2.58. The molecule has 1 rings (SSSR count). The van der Waals surface area contributed by atoms with Crippen LogP contribution in [0.3, 0.4) is 0 Å². The Kier molecular flexibility index (Phi) is 4.88. The zero-order valence-electron chi connectivity index (χ0n) is 13.1. The molecule has 1 amide bonds. The van der Waals surface area contributed by atoms with Gasteiger partial charge >= 0.3 is 0 Å². The molecule has 1 fully saturated rings. The number of nitrogens with one attached hydrogen (secondary N) is 1. The number of piperidine rings is 1. The van der Waals surface area contributed by atoms with E-state index in [9.17, 15) is 13.2 Å². The molecule has 0 aromatic carbocycles. The lowest BCUT2D eigenvalue weighted by atomic mass is 9.74. The van der Waals surface area contributed by atoms with Crippen molar-refractivity contribution in [2.24, 2.45) is 11.1 Å². The number of hydrogen-bond acceptors (Lipinski definition) is 4. The second-order valence-electron chi connectivity index (χ2n) is 6.76. The van der Waals surface area contributed by atoms with Crippen LogP contribution in [0.5, 0.6) is 0 Å². The first-order chi connectivity index (χ1) is 8.85. The Balaban J connectivity index is 2.59. The summed E-state index contributed by atoms with van der Waals surface area (Å²) in [7, 11) is -3.13. The van der Waals surface area contributed by atoms with Gasteiger partial charge in [-0.2, -0.15) is 0 Å². The number of nitrogens with two attached hydrogens (primary N) is 1. The van der Waals surface area contributed by atoms with Gasteiger partial charge in [-0.25, -0.2) is 12.7 Å². The van der Waals surface area contributed by atoms with Gasteiger partial charge in [0.1, 0.15) is 0 Å². The smallest absolute Gasteiger partial charge is 0.227 e. The fourth-order valence-electron chi connectivity index (χ4n) is 1.99. The first-order valence-corrected chi connectivity index (χ1v) is 8.75. The van der Waals surface area contributed by atoms with Crippen molar-refractivity contribution in [3.63, 3.8) is 0 Å². The van der Waals surface area contributed by atoms with Crippen molar-refractivity contribution in [2.75, 3.05) is 19.3 Å². The maximum absolute atomic E-state index is 12.3. The second-order valence-corrected chi connectivity index (χ2v) is 8.74. The van der Waals surface area contributed by atoms with Gasteiger partial charge in [0.15, 0.2) is 0 Å². The fraction of sp³-hybridized carbons (Fsp3) is 0.923. The van der Waals surface area contributed by atoms with E-state index in [1.54, 1.807) is 0 Å². The van der Waals surface area contributed by atoms with Crippen molar-refractivity contribution in [3.8, 4) is 0 Å². The van der Waals surface area contributed by atoms with Crippen molar-refractivity contribution < 1.29 is 13.2 Å². The maximum Gasteiger partial charge on any atom is 0.227 e. The van der Waals surface area contributed by atoms with Crippen molar-refractivity contribution in [2.45, 2.75) is 52.1 Å². The van der Waals surface area contributed by atoms with Crippen molar-refractivity contribution in [3.05, 3.63) is 0 Å². The van der Waals surface area contributed by atoms with E-state index in [2.05, 4.69) is 5.32 Å². The van der Waals surface area contributed by atoms with E-state index >= 15 is 0 Å². The van der Waals surface area contributed by atoms with Crippen LogP contribution < -0.4 is 11.1 Å². The molecular formula is C13H27N3O3S. The number of rotatable bonds is 4. The molecule has 0 spiro atoms. The molecule has 118 valence electrons. The van der Waals surface area contributed by atoms with Gasteiger partial charge in [0.25, 0.3) is 0 Å². The predicted octanol–water partition coefficient (Wildman–Crippen LogP) is 0.290. The Hall–Kier alpha value is -0.660. The Morgan fingerprint density at radius 1 is 1.20 bits per heavy atom. The molecule has 0 aromatic rings. The number of nitrogens with zero attached hydrogens (tertiary/aromatic N) is 1. The summed E-state index contributed by atoms with van der Waals surface area (Å²) in [5.74, 6) is -0.0807. The Morgan fingerprint density at radius 2 is 1.65 bits per heavy atom. The van der Waals surface area contributed by atoms with Gasteiger partial charge in [-0.3, -0.25) is 4.79 Å². The van der Waals surface area contributed by atoms with E-state index in [1.165, 1.54) is 10.6 Å². The van der Waals surface area contributed by atoms with Crippen LogP contribution in [-0.2, 0) is 14.8 Å². The molecule has 20 heavy (non-hydrogen) atoms. The highest BCUT2D eigenvalue weighted by atomic mass is 32.2. The third kappa shape index (κ3) is 3.93. The Bertz CT molecular complexity index is 458. The number of carbonyl (C=O) groups excluding carboxylic acids is 1. The molecule has 3 N–H and O–H groups in total. The van der Waals surface area contributed by atoms with Crippen LogP contribution in [0.25, 0.3) is 0 Å². The van der Waals surface area contributed by atoms with Crippen LogP contribution in [0.4, 0.5) is 0 Å². The van der Waals surface area contributed by atoms with E-state index in [0.29, 0.717) is 25.9 Å². The molecule has 0 unspecified atom stereocenters. The van der Waals surface area contributed by atoms with Gasteiger partial charge < -0.3 is 11.1 Å². The van der Waals surface area contributed by atoms with Crippen molar-refractivity contribution >= 4 is 15.9 Å². The zero-order valence-corrected chi connectivity index (χ0v) is 13.9. The third-order valence-corrected chi connectivity index (χ3v) is 5.74. The lowest BCUT2D eigenvalue weighted by Gasteiger charge is -2.39. The number of carbonyl (C=O) groups is 1. The summed E-state index contributed by atoms with van der Waals surface area (Å²) in [5, 5.41) is 3.00. The topological polar surface area (TPSA) is 92.5 Å². The van der Waals surface area contributed by atoms with Gasteiger partial charge in [0, 0.05) is 24.7 Å². The molecule has 0 atom stereocenters. The molecule has 1 heterocycles. The first kappa shape index (κ1) is 17.4. The van der Waals surface area contributed by atoms with Crippen molar-refractivity contribution in [1.29, 1.82) is 0 Å². The summed E-state index contributed by atoms with van der Waals surface area (Å²) in [5.41, 5.74) is 4.75.